The van der Waals surface area contributed by atoms with E-state index in [-0.39, 0.29) is 0 Å². The highest BCUT2D eigenvalue weighted by Gasteiger charge is 2.18. The first-order valence-electron chi connectivity index (χ1n) is 4.92. The lowest BCUT2D eigenvalue weighted by molar-refractivity contribution is 0.0595. The second-order valence-electron chi connectivity index (χ2n) is 3.29. The Morgan fingerprint density at radius 1 is 1.56 bits per heavy atom. The largest absolute Gasteiger partial charge is 0.464 e. The summed E-state index contributed by atoms with van der Waals surface area (Å²) in [7, 11) is 1.36. The summed E-state index contributed by atoms with van der Waals surface area (Å²) in [4.78, 5) is 11.6. The van der Waals surface area contributed by atoms with Crippen molar-refractivity contribution >= 4 is 32.8 Å². The lowest BCUT2D eigenvalue weighted by Crippen LogP contribution is -2.04. The van der Waals surface area contributed by atoms with E-state index in [9.17, 15) is 4.79 Å². The van der Waals surface area contributed by atoms with Crippen LogP contribution in [0.15, 0.2) is 22.7 Å². The summed E-state index contributed by atoms with van der Waals surface area (Å²) in [6.07, 6.45) is 0. The van der Waals surface area contributed by atoms with Crippen LogP contribution in [0.5, 0.6) is 0 Å². The molecule has 0 atom stereocenters. The fourth-order valence-corrected chi connectivity index (χ4v) is 2.24. The van der Waals surface area contributed by atoms with Gasteiger partial charge < -0.3 is 4.74 Å². The zero-order chi connectivity index (χ0) is 11.7. The Kier molecular flexibility index (Phi) is 2.96. The number of hydrogen-bond donors (Lipinski definition) is 0. The first kappa shape index (κ1) is 11.1. The van der Waals surface area contributed by atoms with Crippen LogP contribution < -0.4 is 0 Å². The van der Waals surface area contributed by atoms with Gasteiger partial charge >= 0.3 is 5.97 Å². The van der Waals surface area contributed by atoms with Crippen molar-refractivity contribution in [2.75, 3.05) is 7.11 Å². The average Bonchev–Trinajstić information content (AvgIpc) is 2.68. The van der Waals surface area contributed by atoms with Crippen molar-refractivity contribution in [1.82, 2.24) is 9.78 Å². The summed E-state index contributed by atoms with van der Waals surface area (Å²) in [6, 6.07) is 5.67. The number of aryl methyl sites for hydroxylation is 1. The minimum Gasteiger partial charge on any atom is -0.464 e. The number of carbonyl (C=O) groups is 1. The smallest absolute Gasteiger partial charge is 0.359 e. The van der Waals surface area contributed by atoms with Crippen LogP contribution in [0.2, 0.25) is 0 Å². The molecule has 0 N–H and O–H groups in total. The minimum atomic E-state index is -0.407. The molecule has 0 fully saturated rings. The van der Waals surface area contributed by atoms with Crippen molar-refractivity contribution in [3.63, 3.8) is 0 Å². The van der Waals surface area contributed by atoms with Crippen molar-refractivity contribution in [2.24, 2.45) is 0 Å². The predicted molar refractivity (Wildman–Crippen MR) is 64.4 cm³/mol. The zero-order valence-corrected chi connectivity index (χ0v) is 10.6. The Labute approximate surface area is 101 Å². The molecule has 1 aromatic carbocycles. The summed E-state index contributed by atoms with van der Waals surface area (Å²) in [5.41, 5.74) is 1.28. The molecule has 0 aliphatic heterocycles. The van der Waals surface area contributed by atoms with E-state index in [2.05, 4.69) is 21.0 Å². The number of aromatic nitrogens is 2. The maximum absolute atomic E-state index is 11.6. The highest BCUT2D eigenvalue weighted by Crippen LogP contribution is 2.26. The molecule has 2 rings (SSSR count). The lowest BCUT2D eigenvalue weighted by atomic mass is 10.2. The molecular formula is C11H11BrN2O2. The third kappa shape index (κ3) is 1.61. The molecule has 0 unspecified atom stereocenters. The van der Waals surface area contributed by atoms with Crippen LogP contribution in [0.3, 0.4) is 0 Å². The highest BCUT2D eigenvalue weighted by atomic mass is 79.9. The van der Waals surface area contributed by atoms with E-state index in [1.165, 1.54) is 7.11 Å². The SMILES string of the molecule is CCn1nc(C(=O)OC)c2cccc(Br)c21. The Hall–Kier alpha value is -1.36. The molecular weight excluding hydrogens is 272 g/mol. The van der Waals surface area contributed by atoms with E-state index in [1.54, 1.807) is 4.68 Å². The Morgan fingerprint density at radius 3 is 2.94 bits per heavy atom. The molecule has 0 radical (unpaired) electrons. The number of methoxy groups -OCH3 is 1. The van der Waals surface area contributed by atoms with Crippen LogP contribution in [-0.2, 0) is 11.3 Å². The van der Waals surface area contributed by atoms with Gasteiger partial charge in [-0.1, -0.05) is 12.1 Å². The Balaban J connectivity index is 2.78. The number of halogens is 1. The van der Waals surface area contributed by atoms with E-state index in [0.29, 0.717) is 12.2 Å². The van der Waals surface area contributed by atoms with E-state index in [1.807, 2.05) is 25.1 Å². The lowest BCUT2D eigenvalue weighted by Gasteiger charge is -1.99. The summed E-state index contributed by atoms with van der Waals surface area (Å²) < 4.78 is 7.42. The van der Waals surface area contributed by atoms with E-state index in [4.69, 9.17) is 4.74 Å². The second-order valence-corrected chi connectivity index (χ2v) is 4.15. The average molecular weight is 283 g/mol. The predicted octanol–water partition coefficient (Wildman–Crippen LogP) is 2.61. The topological polar surface area (TPSA) is 44.1 Å². The van der Waals surface area contributed by atoms with Crippen molar-refractivity contribution in [3.05, 3.63) is 28.4 Å². The molecule has 0 amide bonds. The fourth-order valence-electron chi connectivity index (χ4n) is 1.67. The van der Waals surface area contributed by atoms with Gasteiger partial charge in [0.25, 0.3) is 0 Å². The van der Waals surface area contributed by atoms with Gasteiger partial charge in [0.2, 0.25) is 0 Å². The quantitative estimate of drug-likeness (QED) is 0.796. The first-order chi connectivity index (χ1) is 7.69. The number of nitrogens with zero attached hydrogens (tertiary/aromatic N) is 2. The molecule has 5 heteroatoms. The summed E-state index contributed by atoms with van der Waals surface area (Å²) in [5.74, 6) is -0.407. The van der Waals surface area contributed by atoms with Crippen molar-refractivity contribution in [3.8, 4) is 0 Å². The molecule has 0 saturated carbocycles. The summed E-state index contributed by atoms with van der Waals surface area (Å²) in [5, 5.41) is 5.06. The van der Waals surface area contributed by atoms with Gasteiger partial charge in [-0.3, -0.25) is 4.68 Å². The standard InChI is InChI=1S/C11H11BrN2O2/c1-3-14-10-7(5-4-6-8(10)12)9(13-14)11(15)16-2/h4-6H,3H2,1-2H3. The van der Waals surface area contributed by atoms with Crippen LogP contribution in [0.4, 0.5) is 0 Å². The molecule has 0 bridgehead atoms. The van der Waals surface area contributed by atoms with Gasteiger partial charge in [0.1, 0.15) is 0 Å². The van der Waals surface area contributed by atoms with Crippen LogP contribution in [0.1, 0.15) is 17.4 Å². The third-order valence-electron chi connectivity index (χ3n) is 2.40. The highest BCUT2D eigenvalue weighted by molar-refractivity contribution is 9.10. The fraction of sp³-hybridized carbons (Fsp3) is 0.273. The molecule has 0 saturated heterocycles. The van der Waals surface area contributed by atoms with Gasteiger partial charge in [0, 0.05) is 16.4 Å². The maximum atomic E-state index is 11.6. The maximum Gasteiger partial charge on any atom is 0.359 e. The van der Waals surface area contributed by atoms with Gasteiger partial charge in [0.15, 0.2) is 5.69 Å². The van der Waals surface area contributed by atoms with Gasteiger partial charge in [-0.2, -0.15) is 5.10 Å². The molecule has 4 nitrogen and oxygen atoms in total. The van der Waals surface area contributed by atoms with Crippen LogP contribution in [-0.4, -0.2) is 22.9 Å². The number of rotatable bonds is 2. The summed E-state index contributed by atoms with van der Waals surface area (Å²) >= 11 is 3.46. The van der Waals surface area contributed by atoms with Crippen LogP contribution >= 0.6 is 15.9 Å². The van der Waals surface area contributed by atoms with E-state index in [0.717, 1.165) is 15.4 Å². The Bertz CT molecular complexity index is 548. The first-order valence-corrected chi connectivity index (χ1v) is 5.71. The number of benzene rings is 1. The molecule has 0 spiro atoms. The molecule has 84 valence electrons. The number of hydrogen-bond acceptors (Lipinski definition) is 3. The molecule has 1 heterocycles. The van der Waals surface area contributed by atoms with Gasteiger partial charge in [-0.25, -0.2) is 4.79 Å². The van der Waals surface area contributed by atoms with E-state index < -0.39 is 5.97 Å². The number of carbonyl (C=O) groups excluding carboxylic acids is 1. The number of ether oxygens (including phenoxy) is 1. The molecule has 1 aromatic heterocycles. The van der Waals surface area contributed by atoms with Crippen molar-refractivity contribution < 1.29 is 9.53 Å². The molecule has 0 aliphatic rings. The number of esters is 1. The van der Waals surface area contributed by atoms with Crippen molar-refractivity contribution in [1.29, 1.82) is 0 Å². The third-order valence-corrected chi connectivity index (χ3v) is 3.04. The van der Waals surface area contributed by atoms with Gasteiger partial charge in [-0.15, -0.1) is 0 Å². The number of fused-ring (bicyclic) bond motifs is 1. The van der Waals surface area contributed by atoms with Crippen LogP contribution in [0, 0.1) is 0 Å². The number of para-hydroxylation sites is 1. The summed E-state index contributed by atoms with van der Waals surface area (Å²) in [6.45, 7) is 2.68. The van der Waals surface area contributed by atoms with Gasteiger partial charge in [-0.05, 0) is 28.9 Å². The minimum absolute atomic E-state index is 0.362. The zero-order valence-electron chi connectivity index (χ0n) is 9.03. The van der Waals surface area contributed by atoms with E-state index >= 15 is 0 Å². The molecule has 16 heavy (non-hydrogen) atoms. The van der Waals surface area contributed by atoms with Crippen LogP contribution in [0.25, 0.3) is 10.9 Å². The second kappa shape index (κ2) is 4.25. The van der Waals surface area contributed by atoms with Crippen molar-refractivity contribution in [2.45, 2.75) is 13.5 Å². The monoisotopic (exact) mass is 282 g/mol. The molecule has 2 aromatic rings. The molecule has 0 aliphatic carbocycles. The Morgan fingerprint density at radius 2 is 2.31 bits per heavy atom. The normalized spacial score (nSPS) is 10.7. The van der Waals surface area contributed by atoms with Gasteiger partial charge in [0.05, 0.1) is 12.6 Å².